The molecular weight excluding hydrogens is 430 g/mol. The smallest absolute Gasteiger partial charge is 0.332 e. The molecule has 2 atom stereocenters. The predicted octanol–water partition coefficient (Wildman–Crippen LogP) is 2.36. The van der Waals surface area contributed by atoms with Crippen LogP contribution in [0.15, 0.2) is 39.2 Å². The van der Waals surface area contributed by atoms with Crippen LogP contribution >= 0.6 is 11.3 Å². The summed E-state index contributed by atoms with van der Waals surface area (Å²) in [6, 6.07) is 7.91. The zero-order valence-corrected chi connectivity index (χ0v) is 18.6. The Morgan fingerprint density at radius 3 is 2.78 bits per heavy atom. The number of benzene rings is 1. The van der Waals surface area contributed by atoms with Gasteiger partial charge < -0.3 is 15.0 Å². The summed E-state index contributed by atoms with van der Waals surface area (Å²) in [5.74, 6) is -0.699. The Labute approximate surface area is 186 Å². The number of carbonyl (C=O) groups is 1. The molecule has 1 saturated carbocycles. The van der Waals surface area contributed by atoms with E-state index in [9.17, 15) is 19.5 Å². The van der Waals surface area contributed by atoms with Gasteiger partial charge in [-0.05, 0) is 53.8 Å². The molecule has 10 heteroatoms. The monoisotopic (exact) mass is 453 g/mol. The molecule has 4 aromatic rings. The van der Waals surface area contributed by atoms with Gasteiger partial charge in [0.15, 0.2) is 11.2 Å². The number of hydrogen-bond donors (Lipinski definition) is 2. The highest BCUT2D eigenvalue weighted by molar-refractivity contribution is 7.17. The summed E-state index contributed by atoms with van der Waals surface area (Å²) in [5.41, 5.74) is 0.692. The van der Waals surface area contributed by atoms with Crippen LogP contribution in [0.5, 0.6) is 0 Å². The lowest BCUT2D eigenvalue weighted by Crippen LogP contribution is -2.39. The summed E-state index contributed by atoms with van der Waals surface area (Å²) in [6.45, 7) is 0.171. The van der Waals surface area contributed by atoms with E-state index in [-0.39, 0.29) is 18.5 Å². The van der Waals surface area contributed by atoms with Crippen LogP contribution in [-0.4, -0.2) is 35.8 Å². The highest BCUT2D eigenvalue weighted by atomic mass is 32.1. The Hall–Kier alpha value is -3.40. The van der Waals surface area contributed by atoms with Crippen molar-refractivity contribution >= 4 is 44.5 Å². The van der Waals surface area contributed by atoms with Gasteiger partial charge >= 0.3 is 11.7 Å². The predicted molar refractivity (Wildman–Crippen MR) is 124 cm³/mol. The summed E-state index contributed by atoms with van der Waals surface area (Å²) in [6.07, 6.45) is 1.83. The Balaban J connectivity index is 1.53. The molecule has 9 nitrogen and oxygen atoms in total. The van der Waals surface area contributed by atoms with Crippen molar-refractivity contribution in [3.8, 4) is 0 Å². The molecule has 0 radical (unpaired) electrons. The largest absolute Gasteiger partial charge is 0.481 e. The van der Waals surface area contributed by atoms with E-state index in [0.717, 1.165) is 15.6 Å². The Kier molecular flexibility index (Phi) is 4.89. The molecular formula is C22H23N5O4S. The van der Waals surface area contributed by atoms with Gasteiger partial charge in [-0.1, -0.05) is 6.07 Å². The Morgan fingerprint density at radius 2 is 2.03 bits per heavy atom. The van der Waals surface area contributed by atoms with E-state index in [4.69, 9.17) is 0 Å². The Bertz CT molecular complexity index is 1480. The normalized spacial score (nSPS) is 18.6. The molecule has 166 valence electrons. The third kappa shape index (κ3) is 3.31. The third-order valence-corrected chi connectivity index (χ3v) is 7.23. The molecule has 2 N–H and O–H groups in total. The highest BCUT2D eigenvalue weighted by Gasteiger charge is 2.30. The molecule has 0 saturated heterocycles. The van der Waals surface area contributed by atoms with Gasteiger partial charge in [0.1, 0.15) is 0 Å². The van der Waals surface area contributed by atoms with E-state index in [1.54, 1.807) is 30.0 Å². The number of fused-ring (bicyclic) bond motifs is 2. The topological polar surface area (TPSA) is 111 Å². The van der Waals surface area contributed by atoms with Crippen LogP contribution in [0.2, 0.25) is 0 Å². The van der Waals surface area contributed by atoms with Gasteiger partial charge in [0, 0.05) is 24.8 Å². The van der Waals surface area contributed by atoms with E-state index < -0.39 is 17.2 Å². The molecule has 0 unspecified atom stereocenters. The van der Waals surface area contributed by atoms with Crippen molar-refractivity contribution in [3.63, 3.8) is 0 Å². The number of thiophene rings is 1. The molecule has 0 bridgehead atoms. The maximum atomic E-state index is 13.3. The number of nitrogens with zero attached hydrogens (tertiary/aromatic N) is 4. The summed E-state index contributed by atoms with van der Waals surface area (Å²) in [5, 5.41) is 15.6. The molecule has 1 aliphatic rings. The highest BCUT2D eigenvalue weighted by Crippen LogP contribution is 2.28. The van der Waals surface area contributed by atoms with Crippen molar-refractivity contribution < 1.29 is 9.90 Å². The first-order valence-electron chi connectivity index (χ1n) is 10.4. The van der Waals surface area contributed by atoms with Crippen LogP contribution in [0.1, 0.15) is 24.8 Å². The number of rotatable bonds is 5. The van der Waals surface area contributed by atoms with Gasteiger partial charge in [-0.3, -0.25) is 18.7 Å². The number of nitrogens with one attached hydrogen (secondary N) is 1. The van der Waals surface area contributed by atoms with Crippen molar-refractivity contribution in [2.45, 2.75) is 31.8 Å². The number of aromatic nitrogens is 4. The lowest BCUT2D eigenvalue weighted by Gasteiger charge is -2.13. The van der Waals surface area contributed by atoms with Crippen LogP contribution in [0.25, 0.3) is 21.3 Å². The maximum absolute atomic E-state index is 13.3. The number of carboxylic acids is 1. The van der Waals surface area contributed by atoms with Gasteiger partial charge in [-0.15, -0.1) is 11.3 Å². The molecule has 0 amide bonds. The second-order valence-electron chi connectivity index (χ2n) is 8.38. The number of hydrogen-bond acceptors (Lipinski definition) is 6. The number of imidazole rings is 1. The van der Waals surface area contributed by atoms with Gasteiger partial charge in [-0.25, -0.2) is 4.79 Å². The Morgan fingerprint density at radius 1 is 1.22 bits per heavy atom. The van der Waals surface area contributed by atoms with E-state index in [0.29, 0.717) is 36.4 Å². The van der Waals surface area contributed by atoms with Crippen molar-refractivity contribution in [1.29, 1.82) is 0 Å². The quantitative estimate of drug-likeness (QED) is 0.480. The van der Waals surface area contributed by atoms with Crippen LogP contribution < -0.4 is 16.6 Å². The summed E-state index contributed by atoms with van der Waals surface area (Å²) >= 11 is 1.65. The zero-order chi connectivity index (χ0) is 22.6. The second-order valence-corrected chi connectivity index (χ2v) is 9.33. The van der Waals surface area contributed by atoms with Gasteiger partial charge in [-0.2, -0.15) is 4.98 Å². The molecule has 1 aromatic carbocycles. The molecule has 0 spiro atoms. The minimum Gasteiger partial charge on any atom is -0.481 e. The minimum atomic E-state index is -0.787. The SMILES string of the molecule is Cn1c(N[C@H]2CC[C@@H](C(=O)O)C2)nc2c1c(=O)n(Cc1ccc3sccc3c1)c(=O)n2C. The number of aliphatic carboxylic acids is 1. The maximum Gasteiger partial charge on any atom is 0.332 e. The molecule has 0 aliphatic heterocycles. The molecule has 5 rings (SSSR count). The lowest BCUT2D eigenvalue weighted by atomic mass is 10.1. The van der Waals surface area contributed by atoms with Crippen molar-refractivity contribution in [3.05, 3.63) is 56.0 Å². The van der Waals surface area contributed by atoms with Crippen molar-refractivity contribution in [2.75, 3.05) is 5.32 Å². The first-order valence-corrected chi connectivity index (χ1v) is 11.3. The summed E-state index contributed by atoms with van der Waals surface area (Å²) < 4.78 is 5.43. The minimum absolute atomic E-state index is 0.0387. The first kappa shape index (κ1) is 20.5. The molecule has 1 aliphatic carbocycles. The fraction of sp³-hybridized carbons (Fsp3) is 0.364. The molecule has 32 heavy (non-hydrogen) atoms. The van der Waals surface area contributed by atoms with Crippen LogP contribution in [0.3, 0.4) is 0 Å². The van der Waals surface area contributed by atoms with Gasteiger partial charge in [0.2, 0.25) is 5.95 Å². The molecule has 1 fully saturated rings. The van der Waals surface area contributed by atoms with E-state index in [2.05, 4.69) is 10.3 Å². The van der Waals surface area contributed by atoms with E-state index >= 15 is 0 Å². The van der Waals surface area contributed by atoms with Crippen molar-refractivity contribution in [1.82, 2.24) is 18.7 Å². The number of carboxylic acid groups (broad SMARTS) is 1. The molecule has 3 heterocycles. The van der Waals surface area contributed by atoms with E-state index in [1.165, 1.54) is 9.13 Å². The lowest BCUT2D eigenvalue weighted by molar-refractivity contribution is -0.141. The fourth-order valence-corrected chi connectivity index (χ4v) is 5.30. The van der Waals surface area contributed by atoms with E-state index in [1.807, 2.05) is 29.6 Å². The second kappa shape index (κ2) is 7.63. The number of anilines is 1. The first-order chi connectivity index (χ1) is 15.3. The van der Waals surface area contributed by atoms with Gasteiger partial charge in [0.25, 0.3) is 5.56 Å². The number of aryl methyl sites for hydroxylation is 2. The average Bonchev–Trinajstić information content (AvgIpc) is 3.49. The summed E-state index contributed by atoms with van der Waals surface area (Å²) in [7, 11) is 3.34. The average molecular weight is 454 g/mol. The van der Waals surface area contributed by atoms with Crippen LogP contribution in [-0.2, 0) is 25.4 Å². The van der Waals surface area contributed by atoms with Crippen LogP contribution in [0, 0.1) is 5.92 Å². The molecule has 3 aromatic heterocycles. The standard InChI is InChI=1S/C22H23N5O4S/c1-25-17-18(24-21(25)23-15-5-4-14(10-15)20(29)30)26(2)22(31)27(19(17)28)11-12-3-6-16-13(9-12)7-8-32-16/h3,6-9,14-15H,4-5,10-11H2,1-2H3,(H,23,24)(H,29,30)/t14-,15+/m1/s1. The van der Waals surface area contributed by atoms with Gasteiger partial charge in [0.05, 0.1) is 12.5 Å². The third-order valence-electron chi connectivity index (χ3n) is 6.33. The van der Waals surface area contributed by atoms with Crippen LogP contribution in [0.4, 0.5) is 5.95 Å². The zero-order valence-electron chi connectivity index (χ0n) is 17.7. The summed E-state index contributed by atoms with van der Waals surface area (Å²) in [4.78, 5) is 42.1. The van der Waals surface area contributed by atoms with Crippen molar-refractivity contribution in [2.24, 2.45) is 20.0 Å². The fourth-order valence-electron chi connectivity index (χ4n) is 4.53.